The largest absolute Gasteiger partial charge is 0.338 e. The van der Waals surface area contributed by atoms with E-state index in [1.54, 1.807) is 12.3 Å². The quantitative estimate of drug-likeness (QED) is 0.429. The Bertz CT molecular complexity index is 1510. The van der Waals surface area contributed by atoms with Crippen LogP contribution in [-0.2, 0) is 13.1 Å². The summed E-state index contributed by atoms with van der Waals surface area (Å²) in [5.74, 6) is 1.65. The lowest BCUT2D eigenvalue weighted by Crippen LogP contribution is -2.42. The van der Waals surface area contributed by atoms with Crippen molar-refractivity contribution in [3.63, 3.8) is 0 Å². The first-order valence-electron chi connectivity index (χ1n) is 13.1. The van der Waals surface area contributed by atoms with Crippen LogP contribution in [-0.4, -0.2) is 60.5 Å². The topological polar surface area (TPSA) is 94.9 Å². The van der Waals surface area contributed by atoms with Crippen LogP contribution in [0.1, 0.15) is 36.0 Å². The molecule has 37 heavy (non-hydrogen) atoms. The Labute approximate surface area is 212 Å². The van der Waals surface area contributed by atoms with Crippen molar-refractivity contribution >= 4 is 28.1 Å². The molecule has 10 heteroatoms. The van der Waals surface area contributed by atoms with E-state index in [4.69, 9.17) is 10.7 Å². The minimum Gasteiger partial charge on any atom is -0.338 e. The van der Waals surface area contributed by atoms with E-state index in [0.29, 0.717) is 53.4 Å². The lowest BCUT2D eigenvalue weighted by atomic mass is 9.97. The van der Waals surface area contributed by atoms with Gasteiger partial charge >= 0.3 is 0 Å². The molecule has 0 radical (unpaired) electrons. The number of likely N-dealkylation sites (tertiary alicyclic amines) is 1. The number of hydrogen-bond acceptors (Lipinski definition) is 5. The summed E-state index contributed by atoms with van der Waals surface area (Å²) in [4.78, 5) is 29.1. The zero-order valence-electron chi connectivity index (χ0n) is 20.4. The third-order valence-corrected chi connectivity index (χ3v) is 8.24. The van der Waals surface area contributed by atoms with Gasteiger partial charge in [0.05, 0.1) is 17.8 Å². The van der Waals surface area contributed by atoms with Gasteiger partial charge in [-0.15, -0.1) is 0 Å². The average Bonchev–Trinajstić information content (AvgIpc) is 3.47. The fourth-order valence-corrected chi connectivity index (χ4v) is 6.30. The van der Waals surface area contributed by atoms with Crippen molar-refractivity contribution in [3.8, 4) is 11.5 Å². The average molecular weight is 506 g/mol. The Morgan fingerprint density at radius 1 is 1.11 bits per heavy atom. The SMILES string of the molecule is N[C@H]1CC2C[C@@H]1CN(C(=O)c1cnc3c(c1)nc(-c1cc4cccnc4n1CC1CC1)n3CC(F)F)C2. The number of carbonyl (C=O) groups is 1. The number of rotatable bonds is 6. The zero-order valence-corrected chi connectivity index (χ0v) is 20.4. The highest BCUT2D eigenvalue weighted by Crippen LogP contribution is 2.37. The molecule has 1 amide bonds. The molecule has 4 aromatic rings. The van der Waals surface area contributed by atoms with Crippen LogP contribution in [0, 0.1) is 17.8 Å². The summed E-state index contributed by atoms with van der Waals surface area (Å²) in [5, 5.41) is 0.940. The van der Waals surface area contributed by atoms with Crippen molar-refractivity contribution in [2.24, 2.45) is 23.5 Å². The first-order valence-corrected chi connectivity index (χ1v) is 13.1. The van der Waals surface area contributed by atoms with E-state index in [0.717, 1.165) is 49.0 Å². The van der Waals surface area contributed by atoms with Crippen LogP contribution in [0.25, 0.3) is 33.7 Å². The number of hydrogen-bond donors (Lipinski definition) is 1. The molecule has 5 heterocycles. The van der Waals surface area contributed by atoms with Gasteiger partial charge in [-0.2, -0.15) is 0 Å². The van der Waals surface area contributed by atoms with Gasteiger partial charge in [0.1, 0.15) is 11.2 Å². The van der Waals surface area contributed by atoms with E-state index in [-0.39, 0.29) is 11.9 Å². The summed E-state index contributed by atoms with van der Waals surface area (Å²) in [6, 6.07) is 7.65. The number of alkyl halides is 2. The molecule has 2 bridgehead atoms. The molecule has 2 saturated carbocycles. The van der Waals surface area contributed by atoms with E-state index in [2.05, 4.69) is 14.5 Å². The van der Waals surface area contributed by atoms with Crippen LogP contribution >= 0.6 is 0 Å². The van der Waals surface area contributed by atoms with Gasteiger partial charge in [0.25, 0.3) is 12.3 Å². The minimum absolute atomic E-state index is 0.102. The minimum atomic E-state index is -2.58. The standard InChI is InChI=1S/C27H29F2N7O/c28-23(29)14-36-25-21(8-18(10-32-25)27(37)34-11-16-6-19(13-34)20(30)7-16)33-26(36)22-9-17-2-1-5-31-24(17)35(22)12-15-3-4-15/h1-2,5,8-10,15-16,19-20,23H,3-4,6-7,11-14,30H2/t16?,19-,20+/m1/s1. The molecular formula is C27H29F2N7O. The Morgan fingerprint density at radius 2 is 1.97 bits per heavy atom. The molecule has 7 rings (SSSR count). The monoisotopic (exact) mass is 505 g/mol. The highest BCUT2D eigenvalue weighted by Gasteiger charge is 2.40. The number of carbonyl (C=O) groups excluding carboxylic acids is 1. The molecule has 8 nitrogen and oxygen atoms in total. The van der Waals surface area contributed by atoms with Gasteiger partial charge in [0, 0.05) is 43.5 Å². The number of fused-ring (bicyclic) bond motifs is 4. The molecule has 3 fully saturated rings. The lowest BCUT2D eigenvalue weighted by molar-refractivity contribution is 0.0659. The molecule has 192 valence electrons. The fraction of sp³-hybridized carbons (Fsp3) is 0.481. The van der Waals surface area contributed by atoms with Crippen molar-refractivity contribution in [2.45, 2.75) is 51.2 Å². The van der Waals surface area contributed by atoms with Gasteiger partial charge in [-0.05, 0) is 67.7 Å². The van der Waals surface area contributed by atoms with E-state index in [1.165, 1.54) is 10.8 Å². The summed E-state index contributed by atoms with van der Waals surface area (Å²) in [6.45, 7) is 1.58. The van der Waals surface area contributed by atoms with Crippen molar-refractivity contribution in [2.75, 3.05) is 13.1 Å². The number of halogens is 2. The van der Waals surface area contributed by atoms with Gasteiger partial charge in [-0.25, -0.2) is 23.7 Å². The fourth-order valence-electron chi connectivity index (χ4n) is 6.30. The number of aromatic nitrogens is 5. The first-order chi connectivity index (χ1) is 17.9. The highest BCUT2D eigenvalue weighted by molar-refractivity contribution is 5.97. The van der Waals surface area contributed by atoms with Crippen molar-refractivity contribution in [1.29, 1.82) is 0 Å². The highest BCUT2D eigenvalue weighted by atomic mass is 19.3. The number of piperidine rings is 1. The number of pyridine rings is 2. The number of amides is 1. The second-order valence-corrected chi connectivity index (χ2v) is 11.0. The number of imidazole rings is 1. The Morgan fingerprint density at radius 3 is 2.76 bits per heavy atom. The van der Waals surface area contributed by atoms with Crippen LogP contribution in [0.5, 0.6) is 0 Å². The van der Waals surface area contributed by atoms with Crippen LogP contribution in [0.4, 0.5) is 8.78 Å². The first kappa shape index (κ1) is 22.8. The Balaban J connectivity index is 1.31. The van der Waals surface area contributed by atoms with Gasteiger partial charge in [-0.1, -0.05) is 0 Å². The maximum atomic E-state index is 13.7. The predicted molar refractivity (Wildman–Crippen MR) is 135 cm³/mol. The smallest absolute Gasteiger partial charge is 0.256 e. The molecular weight excluding hydrogens is 476 g/mol. The molecule has 1 aliphatic heterocycles. The molecule has 1 unspecified atom stereocenters. The maximum Gasteiger partial charge on any atom is 0.256 e. The Hall–Kier alpha value is -3.40. The zero-order chi connectivity index (χ0) is 25.3. The summed E-state index contributed by atoms with van der Waals surface area (Å²) in [7, 11) is 0. The van der Waals surface area contributed by atoms with Crippen LogP contribution in [0.15, 0.2) is 36.7 Å². The summed E-state index contributed by atoms with van der Waals surface area (Å²) in [5.41, 5.74) is 9.03. The molecule has 3 atom stereocenters. The van der Waals surface area contributed by atoms with Gasteiger partial charge in [-0.3, -0.25) is 4.79 Å². The number of nitrogens with two attached hydrogens (primary N) is 1. The van der Waals surface area contributed by atoms with Crippen molar-refractivity contribution in [1.82, 2.24) is 29.0 Å². The molecule has 0 spiro atoms. The second kappa shape index (κ2) is 8.58. The lowest BCUT2D eigenvalue weighted by Gasteiger charge is -2.32. The van der Waals surface area contributed by atoms with Crippen molar-refractivity contribution in [3.05, 3.63) is 42.2 Å². The molecule has 2 N–H and O–H groups in total. The maximum absolute atomic E-state index is 13.7. The predicted octanol–water partition coefficient (Wildman–Crippen LogP) is 3.93. The summed E-state index contributed by atoms with van der Waals surface area (Å²) in [6.07, 6.45) is 4.99. The third-order valence-electron chi connectivity index (χ3n) is 8.24. The normalized spacial score (nSPS) is 23.6. The second-order valence-electron chi connectivity index (χ2n) is 11.0. The van der Waals surface area contributed by atoms with E-state index >= 15 is 0 Å². The van der Waals surface area contributed by atoms with Gasteiger partial charge < -0.3 is 19.8 Å². The van der Waals surface area contributed by atoms with E-state index < -0.39 is 13.0 Å². The van der Waals surface area contributed by atoms with Gasteiger partial charge in [0.2, 0.25) is 0 Å². The Kier molecular flexibility index (Phi) is 5.28. The van der Waals surface area contributed by atoms with Crippen molar-refractivity contribution < 1.29 is 13.6 Å². The van der Waals surface area contributed by atoms with Crippen LogP contribution < -0.4 is 5.73 Å². The van der Waals surface area contributed by atoms with Crippen LogP contribution in [0.2, 0.25) is 0 Å². The van der Waals surface area contributed by atoms with Crippen LogP contribution in [0.3, 0.4) is 0 Å². The summed E-state index contributed by atoms with van der Waals surface area (Å²) < 4.78 is 31.1. The third kappa shape index (κ3) is 3.98. The molecule has 4 aromatic heterocycles. The molecule has 1 saturated heterocycles. The molecule has 0 aromatic carbocycles. The summed E-state index contributed by atoms with van der Waals surface area (Å²) >= 11 is 0. The number of nitrogens with zero attached hydrogens (tertiary/aromatic N) is 6. The molecule has 3 aliphatic rings. The van der Waals surface area contributed by atoms with E-state index in [9.17, 15) is 13.6 Å². The van der Waals surface area contributed by atoms with Gasteiger partial charge in [0.15, 0.2) is 11.5 Å². The van der Waals surface area contributed by atoms with E-state index in [1.807, 2.05) is 23.1 Å². The molecule has 2 aliphatic carbocycles.